The minimum atomic E-state index is -0.736. The van der Waals surface area contributed by atoms with Gasteiger partial charge >= 0.3 is 5.97 Å². The van der Waals surface area contributed by atoms with Gasteiger partial charge in [-0.05, 0) is 29.1 Å². The quantitative estimate of drug-likeness (QED) is 0.678. The highest BCUT2D eigenvalue weighted by atomic mass is 35.5. The Balaban J connectivity index is 1.72. The molecule has 3 aromatic rings. The van der Waals surface area contributed by atoms with Crippen molar-refractivity contribution in [3.8, 4) is 0 Å². The van der Waals surface area contributed by atoms with Gasteiger partial charge in [0.1, 0.15) is 12.6 Å². The van der Waals surface area contributed by atoms with E-state index in [4.69, 9.17) is 16.3 Å². The van der Waals surface area contributed by atoms with E-state index in [1.165, 1.54) is 7.11 Å². The molecule has 1 heterocycles. The number of rotatable bonds is 6. The van der Waals surface area contributed by atoms with Crippen LogP contribution in [0.5, 0.6) is 0 Å². The van der Waals surface area contributed by atoms with Crippen LogP contribution >= 0.6 is 11.6 Å². The van der Waals surface area contributed by atoms with Crippen molar-refractivity contribution in [1.29, 1.82) is 0 Å². The number of hydrogen-bond acceptors (Lipinski definition) is 3. The van der Waals surface area contributed by atoms with Crippen LogP contribution in [-0.4, -0.2) is 29.6 Å². The van der Waals surface area contributed by atoms with E-state index >= 15 is 0 Å². The van der Waals surface area contributed by atoms with Crippen LogP contribution < -0.4 is 5.32 Å². The van der Waals surface area contributed by atoms with Crippen molar-refractivity contribution in [1.82, 2.24) is 9.88 Å². The minimum absolute atomic E-state index is 0.0894. The third-order valence-electron chi connectivity index (χ3n) is 4.15. The number of aromatic nitrogens is 1. The molecule has 0 aliphatic carbocycles. The Kier molecular flexibility index (Phi) is 5.58. The van der Waals surface area contributed by atoms with E-state index in [0.717, 1.165) is 16.5 Å². The Morgan fingerprint density at radius 1 is 1.15 bits per heavy atom. The Morgan fingerprint density at radius 3 is 2.65 bits per heavy atom. The molecule has 5 nitrogen and oxygen atoms in total. The molecule has 2 aromatic carbocycles. The van der Waals surface area contributed by atoms with Gasteiger partial charge in [0.25, 0.3) is 0 Å². The van der Waals surface area contributed by atoms with Crippen molar-refractivity contribution in [2.75, 3.05) is 7.11 Å². The first-order valence-electron chi connectivity index (χ1n) is 8.22. The Labute approximate surface area is 156 Å². The number of hydrogen-bond donors (Lipinski definition) is 1. The number of fused-ring (bicyclic) bond motifs is 1. The fourth-order valence-corrected chi connectivity index (χ4v) is 3.04. The summed E-state index contributed by atoms with van der Waals surface area (Å²) in [4.78, 5) is 24.5. The molecule has 0 aliphatic rings. The van der Waals surface area contributed by atoms with Crippen molar-refractivity contribution in [3.63, 3.8) is 0 Å². The minimum Gasteiger partial charge on any atom is -0.467 e. The molecule has 1 unspecified atom stereocenters. The topological polar surface area (TPSA) is 60.3 Å². The maximum absolute atomic E-state index is 12.5. The molecule has 6 heteroatoms. The molecule has 1 N–H and O–H groups in total. The summed E-state index contributed by atoms with van der Waals surface area (Å²) in [5.74, 6) is -0.739. The van der Waals surface area contributed by atoms with Gasteiger partial charge in [-0.15, -0.1) is 0 Å². The number of nitrogens with zero attached hydrogens (tertiary/aromatic N) is 1. The largest absolute Gasteiger partial charge is 0.467 e. The fraction of sp³-hybridized carbons (Fsp3) is 0.200. The summed E-state index contributed by atoms with van der Waals surface area (Å²) in [5.41, 5.74) is 1.81. The average Bonchev–Trinajstić information content (AvgIpc) is 3.03. The molecular weight excluding hydrogens is 352 g/mol. The highest BCUT2D eigenvalue weighted by molar-refractivity contribution is 6.31. The second-order valence-electron chi connectivity index (χ2n) is 5.98. The zero-order chi connectivity index (χ0) is 18.5. The summed E-state index contributed by atoms with van der Waals surface area (Å²) in [6, 6.07) is 16.2. The number of amides is 1. The van der Waals surface area contributed by atoms with Crippen LogP contribution in [0, 0.1) is 0 Å². The lowest BCUT2D eigenvalue weighted by atomic mass is 10.1. The van der Waals surface area contributed by atoms with Crippen LogP contribution in [0.15, 0.2) is 60.8 Å². The predicted molar refractivity (Wildman–Crippen MR) is 101 cm³/mol. The molecule has 0 saturated heterocycles. The number of halogens is 1. The molecule has 0 bridgehead atoms. The van der Waals surface area contributed by atoms with E-state index in [-0.39, 0.29) is 12.5 Å². The van der Waals surface area contributed by atoms with E-state index in [1.54, 1.807) is 10.6 Å². The third kappa shape index (κ3) is 4.24. The van der Waals surface area contributed by atoms with Crippen LogP contribution in [0.3, 0.4) is 0 Å². The second kappa shape index (κ2) is 8.06. The predicted octanol–water partition coefficient (Wildman–Crippen LogP) is 3.20. The number of ether oxygens (including phenoxy) is 1. The average molecular weight is 371 g/mol. The van der Waals surface area contributed by atoms with Gasteiger partial charge in [-0.3, -0.25) is 4.79 Å². The number of esters is 1. The van der Waals surface area contributed by atoms with Gasteiger partial charge < -0.3 is 14.6 Å². The fourth-order valence-electron chi connectivity index (χ4n) is 2.87. The maximum Gasteiger partial charge on any atom is 0.328 e. The van der Waals surface area contributed by atoms with Crippen LogP contribution in [0.1, 0.15) is 5.56 Å². The molecular formula is C20H19ClN2O3. The Morgan fingerprint density at radius 2 is 1.92 bits per heavy atom. The van der Waals surface area contributed by atoms with Gasteiger partial charge in [0.15, 0.2) is 0 Å². The van der Waals surface area contributed by atoms with Crippen molar-refractivity contribution < 1.29 is 14.3 Å². The van der Waals surface area contributed by atoms with Crippen molar-refractivity contribution in [2.24, 2.45) is 0 Å². The lowest BCUT2D eigenvalue weighted by Crippen LogP contribution is -2.44. The maximum atomic E-state index is 12.5. The summed E-state index contributed by atoms with van der Waals surface area (Å²) in [6.45, 7) is 0.0894. The van der Waals surface area contributed by atoms with Gasteiger partial charge in [-0.2, -0.15) is 0 Å². The summed E-state index contributed by atoms with van der Waals surface area (Å²) in [6.07, 6.45) is 2.20. The lowest BCUT2D eigenvalue weighted by Gasteiger charge is -2.17. The first kappa shape index (κ1) is 18.0. The SMILES string of the molecule is COC(=O)C(Cc1ccccc1)NC(=O)Cn1ccc2ccc(Cl)cc21. The molecule has 26 heavy (non-hydrogen) atoms. The van der Waals surface area contributed by atoms with Gasteiger partial charge in [-0.1, -0.05) is 48.0 Å². The van der Waals surface area contributed by atoms with Crippen molar-refractivity contribution in [3.05, 3.63) is 71.4 Å². The standard InChI is InChI=1S/C20H19ClN2O3/c1-26-20(25)17(11-14-5-3-2-4-6-14)22-19(24)13-23-10-9-15-7-8-16(21)12-18(15)23/h2-10,12,17H,11,13H2,1H3,(H,22,24). The number of nitrogens with one attached hydrogen (secondary N) is 1. The molecule has 1 aromatic heterocycles. The molecule has 3 rings (SSSR count). The summed E-state index contributed by atoms with van der Waals surface area (Å²) in [5, 5.41) is 4.37. The number of carbonyl (C=O) groups is 2. The van der Waals surface area contributed by atoms with Gasteiger partial charge in [0, 0.05) is 23.2 Å². The number of benzene rings is 2. The smallest absolute Gasteiger partial charge is 0.328 e. The monoisotopic (exact) mass is 370 g/mol. The molecule has 0 saturated carbocycles. The van der Waals surface area contributed by atoms with Crippen LogP contribution in [-0.2, 0) is 27.3 Å². The van der Waals surface area contributed by atoms with E-state index in [0.29, 0.717) is 11.4 Å². The van der Waals surface area contributed by atoms with Gasteiger partial charge in [0.05, 0.1) is 7.11 Å². The molecule has 134 valence electrons. The normalized spacial score (nSPS) is 11.9. The van der Waals surface area contributed by atoms with Crippen LogP contribution in [0.2, 0.25) is 5.02 Å². The van der Waals surface area contributed by atoms with Gasteiger partial charge in [-0.25, -0.2) is 4.79 Å². The number of methoxy groups -OCH3 is 1. The lowest BCUT2D eigenvalue weighted by molar-refractivity contribution is -0.145. The van der Waals surface area contributed by atoms with E-state index in [1.807, 2.05) is 54.7 Å². The highest BCUT2D eigenvalue weighted by Gasteiger charge is 2.22. The van der Waals surface area contributed by atoms with Crippen molar-refractivity contribution >= 4 is 34.4 Å². The molecule has 0 radical (unpaired) electrons. The molecule has 1 amide bonds. The number of carbonyl (C=O) groups excluding carboxylic acids is 2. The zero-order valence-electron chi connectivity index (χ0n) is 14.3. The van der Waals surface area contributed by atoms with Crippen LogP contribution in [0.25, 0.3) is 10.9 Å². The van der Waals surface area contributed by atoms with Crippen LogP contribution in [0.4, 0.5) is 0 Å². The summed E-state index contributed by atoms with van der Waals surface area (Å²) in [7, 11) is 1.31. The first-order valence-corrected chi connectivity index (χ1v) is 8.60. The molecule has 0 fully saturated rings. The highest BCUT2D eigenvalue weighted by Crippen LogP contribution is 2.20. The van der Waals surface area contributed by atoms with E-state index < -0.39 is 12.0 Å². The van der Waals surface area contributed by atoms with E-state index in [9.17, 15) is 9.59 Å². The molecule has 0 aliphatic heterocycles. The zero-order valence-corrected chi connectivity index (χ0v) is 15.1. The molecule has 0 spiro atoms. The third-order valence-corrected chi connectivity index (χ3v) is 4.39. The van der Waals surface area contributed by atoms with E-state index in [2.05, 4.69) is 5.32 Å². The summed E-state index contributed by atoms with van der Waals surface area (Å²) < 4.78 is 6.63. The first-order chi connectivity index (χ1) is 12.6. The molecule has 1 atom stereocenters. The Bertz CT molecular complexity index is 921. The van der Waals surface area contributed by atoms with Gasteiger partial charge in [0.2, 0.25) is 5.91 Å². The Hall–Kier alpha value is -2.79. The van der Waals surface area contributed by atoms with Crippen molar-refractivity contribution in [2.45, 2.75) is 19.0 Å². The second-order valence-corrected chi connectivity index (χ2v) is 6.42. The summed E-state index contributed by atoms with van der Waals surface area (Å²) >= 11 is 6.04.